The summed E-state index contributed by atoms with van der Waals surface area (Å²) in [5.41, 5.74) is 1.91. The molecule has 0 aliphatic rings. The van der Waals surface area contributed by atoms with Gasteiger partial charge in [-0.15, -0.1) is 0 Å². The zero-order chi connectivity index (χ0) is 20.0. The second kappa shape index (κ2) is 9.74. The fourth-order valence-electron chi connectivity index (χ4n) is 2.70. The predicted molar refractivity (Wildman–Crippen MR) is 108 cm³/mol. The lowest BCUT2D eigenvalue weighted by molar-refractivity contribution is -0.885. The number of Topliss-reactive ketones (excluding diaryl/α,β-unsaturated/α-hetero) is 1. The molecule has 0 radical (unpaired) electrons. The largest absolute Gasteiger partial charge is 0.493 e. The Bertz CT molecular complexity index is 820. The number of hydrogen-bond acceptors (Lipinski definition) is 3. The van der Waals surface area contributed by atoms with E-state index in [1.165, 1.54) is 6.92 Å². The van der Waals surface area contributed by atoms with Gasteiger partial charge in [-0.3, -0.25) is 9.59 Å². The van der Waals surface area contributed by atoms with Crippen molar-refractivity contribution < 1.29 is 19.2 Å². The third-order valence-corrected chi connectivity index (χ3v) is 4.58. The summed E-state index contributed by atoms with van der Waals surface area (Å²) in [4.78, 5) is 25.0. The van der Waals surface area contributed by atoms with E-state index in [4.69, 9.17) is 27.9 Å². The Balaban J connectivity index is 2.08. The van der Waals surface area contributed by atoms with Crippen LogP contribution in [0.4, 0.5) is 5.69 Å². The number of quaternary nitrogens is 1. The highest BCUT2D eigenvalue weighted by molar-refractivity contribution is 6.39. The molecule has 0 saturated carbocycles. The van der Waals surface area contributed by atoms with Gasteiger partial charge in [-0.05, 0) is 44.2 Å². The van der Waals surface area contributed by atoms with Crippen LogP contribution >= 0.6 is 23.2 Å². The molecule has 0 spiro atoms. The van der Waals surface area contributed by atoms with Crippen LogP contribution in [0.15, 0.2) is 36.4 Å². The Labute approximate surface area is 169 Å². The van der Waals surface area contributed by atoms with E-state index < -0.39 is 0 Å². The molecule has 7 heteroatoms. The molecule has 2 aromatic carbocycles. The van der Waals surface area contributed by atoms with Gasteiger partial charge < -0.3 is 15.0 Å². The Morgan fingerprint density at radius 3 is 2.41 bits per heavy atom. The number of hydrogen-bond donors (Lipinski definition) is 2. The lowest BCUT2D eigenvalue weighted by Crippen LogP contribution is -3.08. The number of nitrogens with one attached hydrogen (secondary N) is 2. The average molecular weight is 410 g/mol. The monoisotopic (exact) mass is 409 g/mol. The average Bonchev–Trinajstić information content (AvgIpc) is 2.59. The molecule has 27 heavy (non-hydrogen) atoms. The number of carbonyl (C=O) groups is 2. The van der Waals surface area contributed by atoms with Gasteiger partial charge in [-0.25, -0.2) is 0 Å². The van der Waals surface area contributed by atoms with Crippen molar-refractivity contribution in [2.75, 3.05) is 25.5 Å². The molecule has 0 aromatic heterocycles. The molecular weight excluding hydrogens is 387 g/mol. The number of rotatable bonds is 8. The first-order chi connectivity index (χ1) is 12.8. The van der Waals surface area contributed by atoms with Crippen LogP contribution in [0.1, 0.15) is 29.8 Å². The summed E-state index contributed by atoms with van der Waals surface area (Å²) in [6.45, 7) is 4.69. The topological polar surface area (TPSA) is 59.8 Å². The predicted octanol–water partition coefficient (Wildman–Crippen LogP) is 3.25. The fourth-order valence-corrected chi connectivity index (χ4v) is 3.19. The number of carbonyl (C=O) groups excluding carboxylic acids is 2. The highest BCUT2D eigenvalue weighted by Gasteiger charge is 2.17. The highest BCUT2D eigenvalue weighted by atomic mass is 35.5. The van der Waals surface area contributed by atoms with E-state index in [0.29, 0.717) is 34.4 Å². The maximum atomic E-state index is 12.4. The Morgan fingerprint density at radius 1 is 1.15 bits per heavy atom. The Morgan fingerprint density at radius 2 is 1.81 bits per heavy atom. The van der Waals surface area contributed by atoms with Gasteiger partial charge in [-0.2, -0.15) is 0 Å². The molecule has 1 atom stereocenters. The van der Waals surface area contributed by atoms with Crippen LogP contribution < -0.4 is 15.0 Å². The molecule has 144 valence electrons. The van der Waals surface area contributed by atoms with Gasteiger partial charge in [-0.1, -0.05) is 29.3 Å². The number of ketones is 1. The maximum Gasteiger partial charge on any atom is 0.279 e. The van der Waals surface area contributed by atoms with Gasteiger partial charge in [0.2, 0.25) is 0 Å². The van der Waals surface area contributed by atoms with Crippen LogP contribution in [0.25, 0.3) is 0 Å². The Hall–Kier alpha value is -2.08. The lowest BCUT2D eigenvalue weighted by atomic mass is 10.1. The standard InChI is InChI=1S/C20H22Cl2N2O3/c1-4-27-18-9-8-14(13(2)25)10-15(18)11-24(3)12-19(26)23-20-16(21)6-5-7-17(20)22/h5-10H,4,11-12H2,1-3H3,(H,23,26)/p+1. The van der Waals surface area contributed by atoms with Crippen molar-refractivity contribution in [2.45, 2.75) is 20.4 Å². The Kier molecular flexibility index (Phi) is 7.66. The molecule has 2 rings (SSSR count). The third kappa shape index (κ3) is 5.96. The van der Waals surface area contributed by atoms with Crippen molar-refractivity contribution in [3.63, 3.8) is 0 Å². The summed E-state index contributed by atoms with van der Waals surface area (Å²) in [5.74, 6) is 0.502. The molecule has 2 N–H and O–H groups in total. The number of halogens is 2. The van der Waals surface area contributed by atoms with E-state index >= 15 is 0 Å². The summed E-state index contributed by atoms with van der Waals surface area (Å²) in [6, 6.07) is 10.4. The van der Waals surface area contributed by atoms with Crippen LogP contribution in [0.3, 0.4) is 0 Å². The minimum atomic E-state index is -0.205. The van der Waals surface area contributed by atoms with Crippen LogP contribution in [0.5, 0.6) is 5.75 Å². The number of para-hydroxylation sites is 1. The zero-order valence-corrected chi connectivity index (χ0v) is 17.1. The van der Waals surface area contributed by atoms with Crippen molar-refractivity contribution in [3.8, 4) is 5.75 Å². The molecule has 0 fully saturated rings. The first kappa shape index (κ1) is 21.2. The van der Waals surface area contributed by atoms with Crippen LogP contribution in [-0.2, 0) is 11.3 Å². The first-order valence-electron chi connectivity index (χ1n) is 8.63. The molecule has 0 bridgehead atoms. The van der Waals surface area contributed by atoms with Gasteiger partial charge >= 0.3 is 0 Å². The zero-order valence-electron chi connectivity index (χ0n) is 15.6. The molecule has 1 amide bonds. The van der Waals surface area contributed by atoms with E-state index in [-0.39, 0.29) is 18.2 Å². The molecule has 5 nitrogen and oxygen atoms in total. The van der Waals surface area contributed by atoms with E-state index in [1.807, 2.05) is 20.0 Å². The quantitative estimate of drug-likeness (QED) is 0.657. The second-order valence-corrected chi connectivity index (χ2v) is 7.08. The highest BCUT2D eigenvalue weighted by Crippen LogP contribution is 2.29. The fraction of sp³-hybridized carbons (Fsp3) is 0.300. The lowest BCUT2D eigenvalue weighted by Gasteiger charge is -2.17. The van der Waals surface area contributed by atoms with Crippen molar-refractivity contribution in [3.05, 3.63) is 57.6 Å². The summed E-state index contributed by atoms with van der Waals surface area (Å²) in [6.07, 6.45) is 0. The van der Waals surface area contributed by atoms with Gasteiger partial charge in [0.1, 0.15) is 12.3 Å². The summed E-state index contributed by atoms with van der Waals surface area (Å²) in [7, 11) is 1.89. The molecule has 1 unspecified atom stereocenters. The van der Waals surface area contributed by atoms with Crippen LogP contribution in [-0.4, -0.2) is 31.9 Å². The van der Waals surface area contributed by atoms with Crippen molar-refractivity contribution in [1.29, 1.82) is 0 Å². The number of amides is 1. The molecule has 0 heterocycles. The first-order valence-corrected chi connectivity index (χ1v) is 9.39. The minimum absolute atomic E-state index is 0.0111. The number of benzene rings is 2. The summed E-state index contributed by atoms with van der Waals surface area (Å²) < 4.78 is 5.64. The second-order valence-electron chi connectivity index (χ2n) is 6.27. The molecule has 2 aromatic rings. The van der Waals surface area contributed by atoms with E-state index in [2.05, 4.69) is 5.32 Å². The van der Waals surface area contributed by atoms with Gasteiger partial charge in [0.25, 0.3) is 5.91 Å². The summed E-state index contributed by atoms with van der Waals surface area (Å²) in [5, 5.41) is 3.54. The smallest absolute Gasteiger partial charge is 0.279 e. The van der Waals surface area contributed by atoms with Crippen molar-refractivity contribution >= 4 is 40.6 Å². The van der Waals surface area contributed by atoms with Gasteiger partial charge in [0, 0.05) is 11.1 Å². The number of ether oxygens (including phenoxy) is 1. The summed E-state index contributed by atoms with van der Waals surface area (Å²) >= 11 is 12.2. The minimum Gasteiger partial charge on any atom is -0.493 e. The molecular formula is C20H23Cl2N2O3+. The normalized spacial score (nSPS) is 11.7. The van der Waals surface area contributed by atoms with E-state index in [0.717, 1.165) is 16.2 Å². The van der Waals surface area contributed by atoms with E-state index in [1.54, 1.807) is 30.3 Å². The van der Waals surface area contributed by atoms with Crippen LogP contribution in [0, 0.1) is 0 Å². The van der Waals surface area contributed by atoms with Crippen molar-refractivity contribution in [2.24, 2.45) is 0 Å². The number of likely N-dealkylation sites (N-methyl/N-ethyl adjacent to an activating group) is 1. The van der Waals surface area contributed by atoms with Gasteiger partial charge in [0.05, 0.1) is 29.4 Å². The third-order valence-electron chi connectivity index (χ3n) is 3.95. The molecule has 0 aliphatic heterocycles. The van der Waals surface area contributed by atoms with E-state index in [9.17, 15) is 9.59 Å². The van der Waals surface area contributed by atoms with Crippen LogP contribution in [0.2, 0.25) is 10.0 Å². The number of anilines is 1. The SMILES string of the molecule is CCOc1ccc(C(C)=O)cc1C[NH+](C)CC(=O)Nc1c(Cl)cccc1Cl. The molecule has 0 saturated heterocycles. The van der Waals surface area contributed by atoms with Crippen molar-refractivity contribution in [1.82, 2.24) is 0 Å². The molecule has 0 aliphatic carbocycles. The van der Waals surface area contributed by atoms with Gasteiger partial charge in [0.15, 0.2) is 12.3 Å². The maximum absolute atomic E-state index is 12.4.